The zero-order valence-corrected chi connectivity index (χ0v) is 23.2. The van der Waals surface area contributed by atoms with Gasteiger partial charge in [0.25, 0.3) is 0 Å². The maximum atomic E-state index is 11.3. The van der Waals surface area contributed by atoms with Gasteiger partial charge in [-0.25, -0.2) is 8.42 Å². The molecule has 1 N–H and O–H groups in total. The van der Waals surface area contributed by atoms with Crippen LogP contribution in [0.1, 0.15) is 47.3 Å². The first-order valence-electron chi connectivity index (χ1n) is 11.9. The number of aliphatic carboxylic acids is 1. The van der Waals surface area contributed by atoms with Gasteiger partial charge in [0.15, 0.2) is 5.06 Å². The molecule has 37 heavy (non-hydrogen) atoms. The molecule has 196 valence electrons. The number of rotatable bonds is 12. The van der Waals surface area contributed by atoms with Crippen molar-refractivity contribution >= 4 is 27.1 Å². The number of hydrogen-bond acceptors (Lipinski definition) is 6. The van der Waals surface area contributed by atoms with Gasteiger partial charge in [-0.05, 0) is 85.3 Å². The first-order valence-corrected chi connectivity index (χ1v) is 14.8. The van der Waals surface area contributed by atoms with Crippen LogP contribution >= 0.6 is 11.3 Å². The summed E-state index contributed by atoms with van der Waals surface area (Å²) in [6.07, 6.45) is 1.65. The zero-order valence-electron chi connectivity index (χ0n) is 21.5. The molecule has 2 aromatic carbocycles. The van der Waals surface area contributed by atoms with Crippen molar-refractivity contribution in [2.45, 2.75) is 46.1 Å². The Kier molecular flexibility index (Phi) is 9.79. The summed E-state index contributed by atoms with van der Waals surface area (Å²) < 4.78 is 34.4. The van der Waals surface area contributed by atoms with Crippen LogP contribution in [0.3, 0.4) is 0 Å². The molecule has 1 aromatic heterocycles. The summed E-state index contributed by atoms with van der Waals surface area (Å²) in [5, 5.41) is 9.88. The third-order valence-electron chi connectivity index (χ3n) is 5.67. The fourth-order valence-corrected chi connectivity index (χ4v) is 5.66. The maximum Gasteiger partial charge on any atom is 0.304 e. The van der Waals surface area contributed by atoms with Crippen LogP contribution in [0.25, 0.3) is 11.1 Å². The Morgan fingerprint density at radius 2 is 1.81 bits per heavy atom. The van der Waals surface area contributed by atoms with Crippen LogP contribution in [0.15, 0.2) is 48.5 Å². The molecule has 0 aliphatic rings. The Balaban J connectivity index is 1.68. The Morgan fingerprint density at radius 1 is 1.08 bits per heavy atom. The molecule has 8 heteroatoms. The fraction of sp³-hybridized carbons (Fsp3) is 0.345. The van der Waals surface area contributed by atoms with Crippen molar-refractivity contribution < 1.29 is 27.8 Å². The molecule has 0 bridgehead atoms. The van der Waals surface area contributed by atoms with Crippen LogP contribution in [0, 0.1) is 25.7 Å². The summed E-state index contributed by atoms with van der Waals surface area (Å²) in [6.45, 7) is 6.52. The monoisotopic (exact) mass is 540 g/mol. The minimum absolute atomic E-state index is 0.0357. The molecule has 0 amide bonds. The van der Waals surface area contributed by atoms with E-state index in [1.165, 1.54) is 17.6 Å². The van der Waals surface area contributed by atoms with Crippen molar-refractivity contribution in [1.82, 2.24) is 0 Å². The number of carboxylic acids is 1. The highest BCUT2D eigenvalue weighted by Crippen LogP contribution is 2.34. The molecule has 3 aromatic rings. The van der Waals surface area contributed by atoms with Crippen molar-refractivity contribution in [3.63, 3.8) is 0 Å². The highest BCUT2D eigenvalue weighted by atomic mass is 32.2. The van der Waals surface area contributed by atoms with E-state index < -0.39 is 15.8 Å². The lowest BCUT2D eigenvalue weighted by Gasteiger charge is -2.15. The van der Waals surface area contributed by atoms with E-state index in [0.717, 1.165) is 43.5 Å². The summed E-state index contributed by atoms with van der Waals surface area (Å²) in [5.41, 5.74) is 5.36. The Hall–Kier alpha value is -3.28. The second-order valence-corrected chi connectivity index (χ2v) is 12.3. The number of hydrogen-bond donors (Lipinski definition) is 1. The Bertz CT molecular complexity index is 1390. The van der Waals surface area contributed by atoms with Gasteiger partial charge in [-0.15, -0.1) is 17.3 Å². The topological polar surface area (TPSA) is 89.9 Å². The van der Waals surface area contributed by atoms with Gasteiger partial charge >= 0.3 is 5.97 Å². The number of sulfone groups is 1. The molecular formula is C29H32O6S2. The summed E-state index contributed by atoms with van der Waals surface area (Å²) in [6, 6.07) is 15.9. The van der Waals surface area contributed by atoms with Gasteiger partial charge in [0.05, 0.1) is 24.7 Å². The number of ether oxygens (including phenoxy) is 2. The smallest absolute Gasteiger partial charge is 0.304 e. The van der Waals surface area contributed by atoms with Crippen LogP contribution in [0.2, 0.25) is 0 Å². The molecule has 0 spiro atoms. The standard InChI is InChI=1S/C29H32O6S2/c1-5-8-23(18-27(30)31)26-11-12-28(36-26)35-19-22-9-6-10-24(17-22)29-20(2)15-25(16-21(29)3)34-13-7-14-37(4,32)33/h6,9-12,15-17,23H,7,13-14,18-19H2,1-4H3,(H,30,31). The Labute approximate surface area is 223 Å². The number of benzene rings is 2. The van der Waals surface area contributed by atoms with E-state index in [1.54, 1.807) is 6.92 Å². The number of carboxylic acid groups (broad SMARTS) is 1. The second-order valence-electron chi connectivity index (χ2n) is 8.95. The van der Waals surface area contributed by atoms with Gasteiger partial charge in [-0.2, -0.15) is 0 Å². The number of carbonyl (C=O) groups is 1. The van der Waals surface area contributed by atoms with Gasteiger partial charge in [-0.1, -0.05) is 24.1 Å². The molecular weight excluding hydrogens is 508 g/mol. The van der Waals surface area contributed by atoms with Crippen LogP contribution in [0.4, 0.5) is 0 Å². The van der Waals surface area contributed by atoms with E-state index in [1.807, 2.05) is 50.2 Å². The SMILES string of the molecule is CC#CC(CC(=O)O)c1ccc(OCc2cccc(-c3c(C)cc(OCCCS(C)(=O)=O)cc3C)c2)s1. The van der Waals surface area contributed by atoms with Crippen LogP contribution in [-0.4, -0.2) is 38.1 Å². The molecule has 0 aliphatic heterocycles. The van der Waals surface area contributed by atoms with Crippen LogP contribution in [-0.2, 0) is 21.2 Å². The summed E-state index contributed by atoms with van der Waals surface area (Å²) in [5.74, 6) is 5.41. The lowest BCUT2D eigenvalue weighted by molar-refractivity contribution is -0.137. The second kappa shape index (κ2) is 12.8. The first kappa shape index (κ1) is 28.3. The lowest BCUT2D eigenvalue weighted by Crippen LogP contribution is -2.08. The quantitative estimate of drug-likeness (QED) is 0.224. The predicted octanol–water partition coefficient (Wildman–Crippen LogP) is 6.01. The van der Waals surface area contributed by atoms with Crippen molar-refractivity contribution in [2.75, 3.05) is 18.6 Å². The van der Waals surface area contributed by atoms with E-state index in [9.17, 15) is 13.2 Å². The highest BCUT2D eigenvalue weighted by molar-refractivity contribution is 7.90. The molecule has 6 nitrogen and oxygen atoms in total. The molecule has 0 fully saturated rings. The average Bonchev–Trinajstić information content (AvgIpc) is 3.28. The number of thiophene rings is 1. The molecule has 1 atom stereocenters. The van der Waals surface area contributed by atoms with E-state index >= 15 is 0 Å². The molecule has 1 heterocycles. The van der Waals surface area contributed by atoms with Crippen molar-refractivity contribution in [3.8, 4) is 33.8 Å². The molecule has 0 aliphatic carbocycles. The Morgan fingerprint density at radius 3 is 2.46 bits per heavy atom. The van der Waals surface area contributed by atoms with Crippen LogP contribution in [0.5, 0.6) is 10.8 Å². The highest BCUT2D eigenvalue weighted by Gasteiger charge is 2.16. The minimum Gasteiger partial charge on any atom is -0.494 e. The number of aryl methyl sites for hydroxylation is 2. The fourth-order valence-electron chi connectivity index (χ4n) is 4.12. The van der Waals surface area contributed by atoms with Crippen molar-refractivity contribution in [3.05, 3.63) is 70.1 Å². The van der Waals surface area contributed by atoms with E-state index in [4.69, 9.17) is 14.6 Å². The van der Waals surface area contributed by atoms with E-state index in [0.29, 0.717) is 19.6 Å². The normalized spacial score (nSPS) is 11.9. The summed E-state index contributed by atoms with van der Waals surface area (Å²) in [4.78, 5) is 12.0. The molecule has 3 rings (SSSR count). The zero-order chi connectivity index (χ0) is 27.0. The average molecular weight is 541 g/mol. The predicted molar refractivity (Wildman–Crippen MR) is 148 cm³/mol. The molecule has 0 radical (unpaired) electrons. The first-order chi connectivity index (χ1) is 17.6. The third kappa shape index (κ3) is 8.66. The molecule has 0 saturated heterocycles. The van der Waals surface area contributed by atoms with Gasteiger partial charge in [0, 0.05) is 11.1 Å². The maximum absolute atomic E-state index is 11.3. The summed E-state index contributed by atoms with van der Waals surface area (Å²) in [7, 11) is -2.99. The van der Waals surface area contributed by atoms with E-state index in [-0.39, 0.29) is 18.1 Å². The summed E-state index contributed by atoms with van der Waals surface area (Å²) >= 11 is 1.42. The largest absolute Gasteiger partial charge is 0.494 e. The molecule has 0 saturated carbocycles. The van der Waals surface area contributed by atoms with E-state index in [2.05, 4.69) is 24.0 Å². The molecule has 1 unspecified atom stereocenters. The minimum atomic E-state index is -2.99. The van der Waals surface area contributed by atoms with Crippen molar-refractivity contribution in [2.24, 2.45) is 0 Å². The van der Waals surface area contributed by atoms with Gasteiger partial charge in [0.1, 0.15) is 22.2 Å². The van der Waals surface area contributed by atoms with Gasteiger partial charge in [0.2, 0.25) is 0 Å². The van der Waals surface area contributed by atoms with Gasteiger partial charge in [-0.3, -0.25) is 4.79 Å². The lowest BCUT2D eigenvalue weighted by atomic mass is 9.94. The van der Waals surface area contributed by atoms with Crippen molar-refractivity contribution in [1.29, 1.82) is 0 Å². The third-order valence-corrected chi connectivity index (χ3v) is 7.82. The van der Waals surface area contributed by atoms with Crippen LogP contribution < -0.4 is 9.47 Å². The van der Waals surface area contributed by atoms with Gasteiger partial charge < -0.3 is 14.6 Å².